The quantitative estimate of drug-likeness (QED) is 0.119. The van der Waals surface area contributed by atoms with Gasteiger partial charge in [-0.25, -0.2) is 9.78 Å². The molecule has 0 spiro atoms. The number of rotatable bonds is 15. The van der Waals surface area contributed by atoms with Crippen molar-refractivity contribution in [3.05, 3.63) is 125 Å². The Hall–Kier alpha value is -4.77. The van der Waals surface area contributed by atoms with Crippen molar-refractivity contribution in [3.8, 4) is 11.1 Å². The minimum atomic E-state index is -0.956. The minimum Gasteiger partial charge on any atom is -0.478 e. The number of carbonyl (C=O) groups excluding carboxylic acids is 2. The van der Waals surface area contributed by atoms with Gasteiger partial charge in [0.2, 0.25) is 0 Å². The number of amides is 1. The number of hydrogen-bond acceptors (Lipinski definition) is 7. The van der Waals surface area contributed by atoms with Crippen LogP contribution in [0.15, 0.2) is 91.0 Å². The first-order chi connectivity index (χ1) is 25.3. The summed E-state index contributed by atoms with van der Waals surface area (Å²) >= 11 is 1.29. The Bertz CT molecular complexity index is 2000. The molecule has 4 aromatic carbocycles. The number of fused-ring (bicyclic) bond motifs is 1. The molecule has 270 valence electrons. The first-order valence-corrected chi connectivity index (χ1v) is 19.0. The lowest BCUT2D eigenvalue weighted by atomic mass is 9.98. The third-order valence-corrected chi connectivity index (χ3v) is 10.6. The van der Waals surface area contributed by atoms with Crippen LogP contribution < -0.4 is 5.32 Å². The van der Waals surface area contributed by atoms with Crippen molar-refractivity contribution in [1.82, 2.24) is 19.8 Å². The van der Waals surface area contributed by atoms with Crippen LogP contribution in [0.4, 0.5) is 0 Å². The van der Waals surface area contributed by atoms with Crippen molar-refractivity contribution in [2.24, 2.45) is 0 Å². The second kappa shape index (κ2) is 17.6. The zero-order chi connectivity index (χ0) is 36.5. The summed E-state index contributed by atoms with van der Waals surface area (Å²) in [5.41, 5.74) is 7.15. The van der Waals surface area contributed by atoms with E-state index in [1.54, 1.807) is 12.1 Å². The van der Waals surface area contributed by atoms with E-state index in [-0.39, 0.29) is 22.6 Å². The van der Waals surface area contributed by atoms with Crippen LogP contribution in [0.25, 0.3) is 22.2 Å². The number of nitrogens with zero attached hydrogens (tertiary/aromatic N) is 3. The van der Waals surface area contributed by atoms with Crippen LogP contribution in [-0.2, 0) is 28.9 Å². The van der Waals surface area contributed by atoms with Gasteiger partial charge in [-0.2, -0.15) is 0 Å². The number of hydrogen-bond donors (Lipinski definition) is 2. The molecular weight excluding hydrogens is 673 g/mol. The molecule has 10 heteroatoms. The standard InChI is InChI=1S/C42H46N4O5S/c1-3-9-38-44-40-29(2)24-33(26-37(40)46(38)27-31-14-16-32(17-15-31)35-12-7-8-13-36(35)42(49)50)41(48)43-34(25-30-10-5-4-6-11-30)28-52-39(47)18-19-45-20-22-51-23-21-45/h4-8,10-17,24,26,34H,3,9,18-23,25,27-28H2,1-2H3,(H,43,48)(H,49,50)/t34-/m1/s1. The van der Waals surface area contributed by atoms with Gasteiger partial charge < -0.3 is 19.7 Å². The Labute approximate surface area is 309 Å². The summed E-state index contributed by atoms with van der Waals surface area (Å²) in [5, 5.41) is 13.1. The number of aromatic carboxylic acids is 1. The molecule has 52 heavy (non-hydrogen) atoms. The number of aryl methyl sites for hydroxylation is 2. The Morgan fingerprint density at radius 1 is 0.942 bits per heavy atom. The molecule has 0 saturated carbocycles. The Balaban J connectivity index is 1.21. The van der Waals surface area contributed by atoms with Crippen LogP contribution in [-0.4, -0.2) is 81.2 Å². The van der Waals surface area contributed by atoms with E-state index in [4.69, 9.17) is 9.72 Å². The van der Waals surface area contributed by atoms with E-state index in [1.165, 1.54) is 11.8 Å². The number of carbonyl (C=O) groups is 3. The van der Waals surface area contributed by atoms with Gasteiger partial charge in [-0.1, -0.05) is 91.5 Å². The second-order valence-corrected chi connectivity index (χ2v) is 14.4. The molecule has 0 radical (unpaired) electrons. The molecule has 6 rings (SSSR count). The molecule has 2 N–H and O–H groups in total. The summed E-state index contributed by atoms with van der Waals surface area (Å²) in [4.78, 5) is 46.0. The number of carboxylic acid groups (broad SMARTS) is 1. The molecule has 5 aromatic rings. The molecule has 1 fully saturated rings. The second-order valence-electron chi connectivity index (χ2n) is 13.3. The normalized spacial score (nSPS) is 14.0. The summed E-state index contributed by atoms with van der Waals surface area (Å²) in [7, 11) is 0. The summed E-state index contributed by atoms with van der Waals surface area (Å²) in [5.74, 6) is 0.294. The molecule has 0 aliphatic carbocycles. The summed E-state index contributed by atoms with van der Waals surface area (Å²) in [6.45, 7) is 8.51. The lowest BCUT2D eigenvalue weighted by Crippen LogP contribution is -2.39. The summed E-state index contributed by atoms with van der Waals surface area (Å²) in [6.07, 6.45) is 2.79. The first-order valence-electron chi connectivity index (χ1n) is 18.0. The van der Waals surface area contributed by atoms with Gasteiger partial charge in [-0.15, -0.1) is 0 Å². The lowest BCUT2D eigenvalue weighted by molar-refractivity contribution is -0.111. The van der Waals surface area contributed by atoms with E-state index in [9.17, 15) is 19.5 Å². The van der Waals surface area contributed by atoms with E-state index in [2.05, 4.69) is 21.7 Å². The average molecular weight is 719 g/mol. The maximum atomic E-state index is 14.0. The van der Waals surface area contributed by atoms with Crippen LogP contribution in [0, 0.1) is 6.92 Å². The SMILES string of the molecule is CCCc1nc2c(C)cc(C(=O)N[C@@H](CSC(=O)CCN3CCOCC3)Cc3ccccc3)cc2n1Cc1ccc(-c2ccccc2C(=O)O)cc1. The van der Waals surface area contributed by atoms with E-state index in [0.717, 1.165) is 71.6 Å². The van der Waals surface area contributed by atoms with Crippen LogP contribution in [0.3, 0.4) is 0 Å². The number of imidazole rings is 1. The topological polar surface area (TPSA) is 114 Å². The van der Waals surface area contributed by atoms with Crippen molar-refractivity contribution in [2.45, 2.75) is 52.1 Å². The van der Waals surface area contributed by atoms with E-state index < -0.39 is 5.97 Å². The number of benzene rings is 4. The summed E-state index contributed by atoms with van der Waals surface area (Å²) in [6, 6.07) is 28.6. The van der Waals surface area contributed by atoms with Crippen LogP contribution >= 0.6 is 11.8 Å². The van der Waals surface area contributed by atoms with Gasteiger partial charge in [0.05, 0.1) is 29.8 Å². The number of ether oxygens (including phenoxy) is 1. The third-order valence-electron chi connectivity index (χ3n) is 9.46. The van der Waals surface area contributed by atoms with Gasteiger partial charge in [-0.3, -0.25) is 14.5 Å². The van der Waals surface area contributed by atoms with E-state index >= 15 is 0 Å². The smallest absolute Gasteiger partial charge is 0.336 e. The van der Waals surface area contributed by atoms with Gasteiger partial charge in [0.1, 0.15) is 5.82 Å². The number of morpholine rings is 1. The van der Waals surface area contributed by atoms with Gasteiger partial charge >= 0.3 is 5.97 Å². The Morgan fingerprint density at radius 2 is 1.67 bits per heavy atom. The van der Waals surface area contributed by atoms with Crippen molar-refractivity contribution in [1.29, 1.82) is 0 Å². The molecule has 1 atom stereocenters. The van der Waals surface area contributed by atoms with Crippen molar-refractivity contribution >= 4 is 39.8 Å². The molecular formula is C42H46N4O5S. The minimum absolute atomic E-state index is 0.127. The molecule has 0 bridgehead atoms. The number of carboxylic acids is 1. The highest BCUT2D eigenvalue weighted by Gasteiger charge is 2.21. The van der Waals surface area contributed by atoms with Gasteiger partial charge in [0, 0.05) is 56.4 Å². The number of aromatic nitrogens is 2. The van der Waals surface area contributed by atoms with Gasteiger partial charge in [0.25, 0.3) is 5.91 Å². The molecule has 0 unspecified atom stereocenters. The van der Waals surface area contributed by atoms with Crippen molar-refractivity contribution in [3.63, 3.8) is 0 Å². The highest BCUT2D eigenvalue weighted by Crippen LogP contribution is 2.27. The van der Waals surface area contributed by atoms with E-state index in [0.29, 0.717) is 49.5 Å². The van der Waals surface area contributed by atoms with Gasteiger partial charge in [-0.05, 0) is 65.8 Å². The third kappa shape index (κ3) is 9.36. The molecule has 1 aliphatic heterocycles. The maximum absolute atomic E-state index is 14.0. The summed E-state index contributed by atoms with van der Waals surface area (Å²) < 4.78 is 7.61. The van der Waals surface area contributed by atoms with Gasteiger partial charge in [0.15, 0.2) is 5.12 Å². The fourth-order valence-electron chi connectivity index (χ4n) is 6.72. The Morgan fingerprint density at radius 3 is 2.40 bits per heavy atom. The molecule has 2 heterocycles. The zero-order valence-corrected chi connectivity index (χ0v) is 30.7. The van der Waals surface area contributed by atoms with Crippen LogP contribution in [0.1, 0.15) is 63.0 Å². The van der Waals surface area contributed by atoms with Crippen molar-refractivity contribution < 1.29 is 24.2 Å². The maximum Gasteiger partial charge on any atom is 0.336 e. The van der Waals surface area contributed by atoms with E-state index in [1.807, 2.05) is 85.8 Å². The highest BCUT2D eigenvalue weighted by molar-refractivity contribution is 8.13. The molecule has 1 aliphatic rings. The monoisotopic (exact) mass is 718 g/mol. The predicted molar refractivity (Wildman–Crippen MR) is 207 cm³/mol. The lowest BCUT2D eigenvalue weighted by Gasteiger charge is -2.26. The molecule has 1 saturated heterocycles. The molecule has 9 nitrogen and oxygen atoms in total. The number of thioether (sulfide) groups is 1. The van der Waals surface area contributed by atoms with Crippen LogP contribution in [0.2, 0.25) is 0 Å². The molecule has 1 aromatic heterocycles. The first kappa shape index (κ1) is 37.0. The largest absolute Gasteiger partial charge is 0.478 e. The highest BCUT2D eigenvalue weighted by atomic mass is 32.2. The fourth-order valence-corrected chi connectivity index (χ4v) is 7.54. The fraction of sp³-hybridized carbons (Fsp3) is 0.333. The number of nitrogens with one attached hydrogen (secondary N) is 1. The Kier molecular flexibility index (Phi) is 12.5. The van der Waals surface area contributed by atoms with Crippen LogP contribution in [0.5, 0.6) is 0 Å². The average Bonchev–Trinajstić information content (AvgIpc) is 3.51. The predicted octanol–water partition coefficient (Wildman–Crippen LogP) is 7.03. The van der Waals surface area contributed by atoms with Crippen molar-refractivity contribution in [2.75, 3.05) is 38.6 Å². The molecule has 1 amide bonds. The zero-order valence-electron chi connectivity index (χ0n) is 29.8.